The Bertz CT molecular complexity index is 1450. The predicted molar refractivity (Wildman–Crippen MR) is 118 cm³/mol. The van der Waals surface area contributed by atoms with E-state index in [1.54, 1.807) is 7.05 Å². The molecule has 34 heavy (non-hydrogen) atoms. The zero-order chi connectivity index (χ0) is 27.3. The molecule has 3 heterocycles. The van der Waals surface area contributed by atoms with Gasteiger partial charge in [0.25, 0.3) is 11.5 Å². The van der Waals surface area contributed by atoms with Gasteiger partial charge < -0.3 is 20.5 Å². The quantitative estimate of drug-likeness (QED) is 0.499. The first kappa shape index (κ1) is 19.6. The third kappa shape index (κ3) is 4.32. The number of aryl methyl sites for hydroxylation is 1. The minimum Gasteiger partial charge on any atom is -0.355 e. The van der Waals surface area contributed by atoms with Crippen molar-refractivity contribution in [3.63, 3.8) is 0 Å². The maximum absolute atomic E-state index is 13.3. The van der Waals surface area contributed by atoms with Gasteiger partial charge in [-0.3, -0.25) is 14.4 Å². The number of aromatic nitrogens is 4. The Morgan fingerprint density at radius 2 is 2.00 bits per heavy atom. The number of fused-ring (bicyclic) bond motifs is 1. The summed E-state index contributed by atoms with van der Waals surface area (Å²) in [5, 5.41) is 10.8. The molecule has 10 nitrogen and oxygen atoms in total. The van der Waals surface area contributed by atoms with Crippen molar-refractivity contribution in [2.75, 3.05) is 17.6 Å². The molecule has 1 fully saturated rings. The van der Waals surface area contributed by atoms with Crippen LogP contribution in [0.3, 0.4) is 0 Å². The average Bonchev–Trinajstić information content (AvgIpc) is 3.57. The highest BCUT2D eigenvalue weighted by atomic mass is 19.4. The fourth-order valence-corrected chi connectivity index (χ4v) is 3.41. The molecule has 3 aromatic rings. The molecule has 0 radical (unpaired) electrons. The van der Waals surface area contributed by atoms with Gasteiger partial charge in [0.05, 0.1) is 34.0 Å². The van der Waals surface area contributed by atoms with Crippen molar-refractivity contribution in [3.05, 3.63) is 40.6 Å². The van der Waals surface area contributed by atoms with Crippen LogP contribution in [0.5, 0.6) is 0 Å². The third-order valence-electron chi connectivity index (χ3n) is 5.53. The molecule has 0 aromatic carbocycles. The van der Waals surface area contributed by atoms with Gasteiger partial charge in [0, 0.05) is 42.5 Å². The molecule has 3 N–H and O–H groups in total. The molecule has 2 amide bonds. The van der Waals surface area contributed by atoms with Gasteiger partial charge in [-0.2, -0.15) is 18.3 Å². The zero-order valence-corrected chi connectivity index (χ0v) is 18.0. The minimum atomic E-state index is -4.73. The Balaban J connectivity index is 1.80. The second-order valence-corrected chi connectivity index (χ2v) is 7.98. The van der Waals surface area contributed by atoms with Crippen LogP contribution < -0.4 is 21.5 Å². The van der Waals surface area contributed by atoms with Gasteiger partial charge in [-0.05, 0) is 19.8 Å². The van der Waals surface area contributed by atoms with Gasteiger partial charge in [-0.25, -0.2) is 9.67 Å². The number of anilines is 3. The number of hydrogen-bond donors (Lipinski definition) is 3. The van der Waals surface area contributed by atoms with E-state index in [-0.39, 0.29) is 45.5 Å². The van der Waals surface area contributed by atoms with Gasteiger partial charge in [-0.15, -0.1) is 0 Å². The van der Waals surface area contributed by atoms with Gasteiger partial charge in [0.2, 0.25) is 5.91 Å². The van der Waals surface area contributed by atoms with Gasteiger partial charge >= 0.3 is 6.18 Å². The van der Waals surface area contributed by atoms with Crippen LogP contribution in [0.25, 0.3) is 10.9 Å². The third-order valence-corrected chi connectivity index (χ3v) is 5.53. The molecule has 0 spiro atoms. The Kier molecular flexibility index (Phi) is 4.87. The van der Waals surface area contributed by atoms with Crippen molar-refractivity contribution in [1.82, 2.24) is 24.6 Å². The molecule has 180 valence electrons. The standard InChI is InChI=1S/C21H22F3N7O3/c1-10(21(22,23)24)31-20(34)17-14(9-30(3)15(17)8-27-31)28-13-6-16(29-18(32)11-4-5-11)26-7-12(13)19(33)25-2/h6-11H,4-5H2,1-3H3,(H,25,33)(H2,26,28,29,32)/i2D3. The number of rotatable bonds is 6. The molecule has 13 heteroatoms. The molecular formula is C21H22F3N7O3. The molecule has 1 aliphatic rings. The van der Waals surface area contributed by atoms with Crippen LogP contribution in [0, 0.1) is 5.92 Å². The number of hydrogen-bond acceptors (Lipinski definition) is 6. The van der Waals surface area contributed by atoms with Crippen molar-refractivity contribution in [2.45, 2.75) is 32.0 Å². The predicted octanol–water partition coefficient (Wildman–Crippen LogP) is 2.71. The van der Waals surface area contributed by atoms with Crippen LogP contribution in [-0.2, 0) is 11.8 Å². The molecule has 3 aromatic heterocycles. The van der Waals surface area contributed by atoms with E-state index >= 15 is 0 Å². The number of carbonyl (C=O) groups excluding carboxylic acids is 2. The van der Waals surface area contributed by atoms with Crippen LogP contribution in [-0.4, -0.2) is 44.3 Å². The number of alkyl halides is 3. The van der Waals surface area contributed by atoms with E-state index in [1.165, 1.54) is 16.8 Å². The summed E-state index contributed by atoms with van der Waals surface area (Å²) in [4.78, 5) is 41.9. The minimum absolute atomic E-state index is 0.0293. The molecule has 0 aliphatic heterocycles. The van der Waals surface area contributed by atoms with Crippen molar-refractivity contribution in [3.8, 4) is 0 Å². The van der Waals surface area contributed by atoms with Crippen molar-refractivity contribution >= 4 is 39.9 Å². The number of carbonyl (C=O) groups is 2. The van der Waals surface area contributed by atoms with Crippen molar-refractivity contribution < 1.29 is 26.9 Å². The summed E-state index contributed by atoms with van der Waals surface area (Å²) in [5.74, 6) is -1.41. The van der Waals surface area contributed by atoms with E-state index in [1.807, 2.05) is 5.32 Å². The number of halogens is 3. The second-order valence-electron chi connectivity index (χ2n) is 7.98. The summed E-state index contributed by atoms with van der Waals surface area (Å²) in [6.07, 6.45) is 0.284. The molecule has 1 unspecified atom stereocenters. The summed E-state index contributed by atoms with van der Waals surface area (Å²) in [5.41, 5.74) is -1.07. The highest BCUT2D eigenvalue weighted by Gasteiger charge is 2.39. The molecule has 1 aliphatic carbocycles. The monoisotopic (exact) mass is 480 g/mol. The first-order valence-electron chi connectivity index (χ1n) is 11.7. The Morgan fingerprint density at radius 3 is 2.65 bits per heavy atom. The number of amides is 2. The molecule has 0 bridgehead atoms. The number of nitrogens with one attached hydrogen (secondary N) is 3. The Hall–Kier alpha value is -3.90. The van der Waals surface area contributed by atoms with Gasteiger partial charge in [0.15, 0.2) is 0 Å². The van der Waals surface area contributed by atoms with Crippen LogP contribution in [0.15, 0.2) is 29.5 Å². The first-order chi connectivity index (χ1) is 17.2. The fraction of sp³-hybridized carbons (Fsp3) is 0.381. The van der Waals surface area contributed by atoms with Crippen LogP contribution in [0.4, 0.5) is 30.4 Å². The maximum Gasteiger partial charge on any atom is 0.410 e. The maximum atomic E-state index is 13.3. The van der Waals surface area contributed by atoms with Crippen molar-refractivity contribution in [1.29, 1.82) is 0 Å². The van der Waals surface area contributed by atoms with Crippen LogP contribution in [0.1, 0.15) is 40.3 Å². The molecule has 1 atom stereocenters. The zero-order valence-electron chi connectivity index (χ0n) is 21.0. The van der Waals surface area contributed by atoms with Crippen LogP contribution >= 0.6 is 0 Å². The smallest absolute Gasteiger partial charge is 0.355 e. The molecular weight excluding hydrogens is 455 g/mol. The number of pyridine rings is 1. The topological polar surface area (TPSA) is 123 Å². The Labute approximate surface area is 195 Å². The van der Waals surface area contributed by atoms with E-state index in [0.29, 0.717) is 4.68 Å². The SMILES string of the molecule is [2H]C([2H])([2H])NC(=O)c1cnc(NC(=O)C2CC2)cc1Nc1cn(C)c2cnn(C(C)C(F)(F)F)c(=O)c12. The molecule has 1 saturated carbocycles. The average molecular weight is 480 g/mol. The van der Waals surface area contributed by atoms with E-state index < -0.39 is 30.7 Å². The summed E-state index contributed by atoms with van der Waals surface area (Å²) in [6, 6.07) is -0.936. The summed E-state index contributed by atoms with van der Waals surface area (Å²) in [7, 11) is 1.54. The number of nitrogens with zero attached hydrogens (tertiary/aromatic N) is 4. The highest BCUT2D eigenvalue weighted by Crippen LogP contribution is 2.33. The second kappa shape index (κ2) is 8.47. The highest BCUT2D eigenvalue weighted by molar-refractivity contribution is 6.03. The lowest BCUT2D eigenvalue weighted by molar-refractivity contribution is -0.166. The van der Waals surface area contributed by atoms with E-state index in [0.717, 1.165) is 32.2 Å². The Morgan fingerprint density at radius 1 is 1.26 bits per heavy atom. The molecule has 4 rings (SSSR count). The summed E-state index contributed by atoms with van der Waals surface area (Å²) >= 11 is 0. The van der Waals surface area contributed by atoms with E-state index in [4.69, 9.17) is 4.11 Å². The fourth-order valence-electron chi connectivity index (χ4n) is 3.41. The normalized spacial score (nSPS) is 16.3. The van der Waals surface area contributed by atoms with E-state index in [2.05, 4.69) is 20.7 Å². The lowest BCUT2D eigenvalue weighted by Crippen LogP contribution is -2.34. The van der Waals surface area contributed by atoms with Crippen LogP contribution in [0.2, 0.25) is 0 Å². The molecule has 0 saturated heterocycles. The summed E-state index contributed by atoms with van der Waals surface area (Å²) < 4.78 is 63.6. The lowest BCUT2D eigenvalue weighted by Gasteiger charge is -2.17. The van der Waals surface area contributed by atoms with Crippen molar-refractivity contribution in [2.24, 2.45) is 13.0 Å². The van der Waals surface area contributed by atoms with Gasteiger partial charge in [0.1, 0.15) is 11.9 Å². The largest absolute Gasteiger partial charge is 0.410 e. The van der Waals surface area contributed by atoms with Gasteiger partial charge in [-0.1, -0.05) is 0 Å². The summed E-state index contributed by atoms with van der Waals surface area (Å²) in [6.45, 7) is -2.02. The lowest BCUT2D eigenvalue weighted by atomic mass is 10.2. The van der Waals surface area contributed by atoms with E-state index in [9.17, 15) is 27.6 Å². The first-order valence-corrected chi connectivity index (χ1v) is 10.2.